The van der Waals surface area contributed by atoms with E-state index in [9.17, 15) is 4.39 Å². The Morgan fingerprint density at radius 1 is 1.56 bits per heavy atom. The van der Waals surface area contributed by atoms with Gasteiger partial charge >= 0.3 is 9.05 Å². The molecule has 4 nitrogen and oxygen atoms in total. The molecule has 0 spiro atoms. The molecule has 6 heteroatoms. The molecular formula is C3H7FO4Si. The van der Waals surface area contributed by atoms with Gasteiger partial charge in [0.15, 0.2) is 0 Å². The average Bonchev–Trinajstić information content (AvgIpc) is 1.62. The fourth-order valence-electron chi connectivity index (χ4n) is 0.199. The van der Waals surface area contributed by atoms with E-state index in [-0.39, 0.29) is 0 Å². The minimum atomic E-state index is -4.69. The average molecular weight is 154 g/mol. The largest absolute Gasteiger partial charge is 0.673 e. The first-order valence-corrected chi connectivity index (χ1v) is 3.82. The van der Waals surface area contributed by atoms with Gasteiger partial charge in [-0.3, -0.25) is 0 Å². The molecule has 1 atom stereocenters. The third kappa shape index (κ3) is 5.60. The van der Waals surface area contributed by atoms with Gasteiger partial charge in [0.25, 0.3) is 0 Å². The van der Waals surface area contributed by atoms with Crippen molar-refractivity contribution in [1.82, 2.24) is 0 Å². The molecule has 0 bridgehead atoms. The summed E-state index contributed by atoms with van der Waals surface area (Å²) in [5.74, 6) is 0. The van der Waals surface area contributed by atoms with Crippen molar-refractivity contribution in [2.45, 2.75) is 6.36 Å². The molecule has 0 aliphatic heterocycles. The lowest BCUT2D eigenvalue weighted by molar-refractivity contribution is -0.0116. The normalized spacial score (nSPS) is 15.1. The Bertz CT molecular complexity index is 100. The molecule has 0 aromatic rings. The summed E-state index contributed by atoms with van der Waals surface area (Å²) < 4.78 is 15.5. The van der Waals surface area contributed by atoms with Crippen molar-refractivity contribution in [1.29, 1.82) is 0 Å². The van der Waals surface area contributed by atoms with Gasteiger partial charge in [-0.2, -0.15) is 0 Å². The molecule has 0 heterocycles. The fraction of sp³-hybridized carbons (Fsp3) is 0.333. The lowest BCUT2D eigenvalue weighted by atomic mass is 10.7. The minimum absolute atomic E-state index is 0.685. The molecular weight excluding hydrogens is 147 g/mol. The van der Waals surface area contributed by atoms with Crippen molar-refractivity contribution in [2.24, 2.45) is 0 Å². The molecule has 0 radical (unpaired) electrons. The monoisotopic (exact) mass is 154 g/mol. The van der Waals surface area contributed by atoms with E-state index in [0.29, 0.717) is 6.08 Å². The molecule has 0 aliphatic rings. The van der Waals surface area contributed by atoms with Gasteiger partial charge in [-0.1, -0.05) is 6.58 Å². The second-order valence-electron chi connectivity index (χ2n) is 1.28. The van der Waals surface area contributed by atoms with E-state index in [2.05, 4.69) is 11.0 Å². The summed E-state index contributed by atoms with van der Waals surface area (Å²) in [7, 11) is -4.69. The fourth-order valence-corrected chi connectivity index (χ4v) is 0.597. The van der Waals surface area contributed by atoms with Gasteiger partial charge in [0, 0.05) is 0 Å². The Kier molecular flexibility index (Phi) is 2.95. The third-order valence-corrected chi connectivity index (χ3v) is 0.997. The first-order chi connectivity index (χ1) is 3.95. The molecule has 0 aromatic heterocycles. The van der Waals surface area contributed by atoms with E-state index in [1.54, 1.807) is 0 Å². The van der Waals surface area contributed by atoms with Crippen LogP contribution in [0.4, 0.5) is 4.39 Å². The van der Waals surface area contributed by atoms with Gasteiger partial charge in [-0.15, -0.1) is 0 Å². The van der Waals surface area contributed by atoms with Crippen LogP contribution in [0.5, 0.6) is 0 Å². The number of alkyl halides is 1. The van der Waals surface area contributed by atoms with Crippen LogP contribution in [0, 0.1) is 0 Å². The van der Waals surface area contributed by atoms with Crippen molar-refractivity contribution < 1.29 is 23.2 Å². The van der Waals surface area contributed by atoms with Crippen molar-refractivity contribution >= 4 is 9.05 Å². The van der Waals surface area contributed by atoms with E-state index >= 15 is 0 Å². The summed E-state index contributed by atoms with van der Waals surface area (Å²) >= 11 is 0. The van der Waals surface area contributed by atoms with E-state index in [1.165, 1.54) is 0 Å². The predicted octanol–water partition coefficient (Wildman–Crippen LogP) is -1.10. The van der Waals surface area contributed by atoms with Crippen LogP contribution in [-0.2, 0) is 4.43 Å². The first kappa shape index (κ1) is 8.73. The van der Waals surface area contributed by atoms with Crippen LogP contribution in [0.25, 0.3) is 0 Å². The molecule has 0 fully saturated rings. The van der Waals surface area contributed by atoms with Crippen LogP contribution in [0.15, 0.2) is 12.7 Å². The van der Waals surface area contributed by atoms with Gasteiger partial charge in [0.2, 0.25) is 6.36 Å². The van der Waals surface area contributed by atoms with Gasteiger partial charge in [0.1, 0.15) is 0 Å². The second kappa shape index (κ2) is 3.04. The summed E-state index contributed by atoms with van der Waals surface area (Å²) in [6.45, 7) is 2.93. The zero-order valence-electron chi connectivity index (χ0n) is 4.49. The Morgan fingerprint density at radius 3 is 2.11 bits per heavy atom. The first-order valence-electron chi connectivity index (χ1n) is 2.07. The van der Waals surface area contributed by atoms with E-state index in [0.717, 1.165) is 0 Å². The van der Waals surface area contributed by atoms with E-state index < -0.39 is 15.4 Å². The molecule has 1 unspecified atom stereocenters. The number of hydrogen-bond donors (Lipinski definition) is 3. The van der Waals surface area contributed by atoms with Crippen LogP contribution < -0.4 is 0 Å². The van der Waals surface area contributed by atoms with E-state index in [4.69, 9.17) is 14.4 Å². The van der Waals surface area contributed by atoms with Gasteiger partial charge in [0.05, 0.1) is 0 Å². The Balaban J connectivity index is 3.59. The van der Waals surface area contributed by atoms with Crippen molar-refractivity contribution in [3.05, 3.63) is 12.7 Å². The smallest absolute Gasteiger partial charge is 0.368 e. The van der Waals surface area contributed by atoms with Crippen molar-refractivity contribution in [3.8, 4) is 0 Å². The molecule has 9 heavy (non-hydrogen) atoms. The van der Waals surface area contributed by atoms with Crippen LogP contribution in [0.1, 0.15) is 0 Å². The summed E-state index contributed by atoms with van der Waals surface area (Å²) in [6.07, 6.45) is -1.35. The topological polar surface area (TPSA) is 69.9 Å². The highest BCUT2D eigenvalue weighted by molar-refractivity contribution is 6.48. The van der Waals surface area contributed by atoms with Gasteiger partial charge in [-0.25, -0.2) is 4.39 Å². The molecule has 54 valence electrons. The van der Waals surface area contributed by atoms with Crippen molar-refractivity contribution in [3.63, 3.8) is 0 Å². The summed E-state index contributed by atoms with van der Waals surface area (Å²) in [6, 6.07) is 0. The highest BCUT2D eigenvalue weighted by Gasteiger charge is 2.33. The Hall–Kier alpha value is -0.273. The number of halogens is 1. The van der Waals surface area contributed by atoms with E-state index in [1.807, 2.05) is 0 Å². The van der Waals surface area contributed by atoms with Gasteiger partial charge < -0.3 is 18.8 Å². The zero-order chi connectivity index (χ0) is 7.49. The summed E-state index contributed by atoms with van der Waals surface area (Å²) in [4.78, 5) is 24.2. The molecule has 0 saturated carbocycles. The lowest BCUT2D eigenvalue weighted by Crippen LogP contribution is -2.41. The molecule has 0 aromatic carbocycles. The Labute approximate surface area is 52.3 Å². The third-order valence-electron chi connectivity index (χ3n) is 0.456. The van der Waals surface area contributed by atoms with Crippen LogP contribution in [0.2, 0.25) is 0 Å². The highest BCUT2D eigenvalue weighted by Crippen LogP contribution is 1.99. The van der Waals surface area contributed by atoms with Crippen molar-refractivity contribution in [2.75, 3.05) is 0 Å². The van der Waals surface area contributed by atoms with Crippen LogP contribution >= 0.6 is 0 Å². The summed E-state index contributed by atoms with van der Waals surface area (Å²) in [5.41, 5.74) is 0. The molecule has 0 amide bonds. The second-order valence-corrected chi connectivity index (χ2v) is 2.66. The maximum absolute atomic E-state index is 11.8. The molecule has 0 saturated heterocycles. The standard InChI is InChI=1S/C3H7FO4Si/c1-2-3(4)8-9(5,6)7/h2-3,5-7H,1H2. The number of rotatable bonds is 3. The van der Waals surface area contributed by atoms with Crippen LogP contribution in [0.3, 0.4) is 0 Å². The highest BCUT2D eigenvalue weighted by atomic mass is 28.4. The molecule has 3 N–H and O–H groups in total. The zero-order valence-corrected chi connectivity index (χ0v) is 5.49. The molecule has 0 aliphatic carbocycles. The van der Waals surface area contributed by atoms with Gasteiger partial charge in [-0.05, 0) is 6.08 Å². The lowest BCUT2D eigenvalue weighted by Gasteiger charge is -2.09. The number of hydrogen-bond acceptors (Lipinski definition) is 4. The summed E-state index contributed by atoms with van der Waals surface area (Å²) in [5, 5.41) is 0. The predicted molar refractivity (Wildman–Crippen MR) is 28.6 cm³/mol. The van der Waals surface area contributed by atoms with Crippen LogP contribution in [-0.4, -0.2) is 29.8 Å². The maximum Gasteiger partial charge on any atom is 0.673 e. The maximum atomic E-state index is 11.8. The quantitative estimate of drug-likeness (QED) is 0.356. The minimum Gasteiger partial charge on any atom is -0.368 e. The molecule has 0 rings (SSSR count). The SMILES string of the molecule is C=CC(F)O[Si](O)(O)O. The Morgan fingerprint density at radius 2 is 2.00 bits per heavy atom.